The highest BCUT2D eigenvalue weighted by atomic mass is 32.2. The van der Waals surface area contributed by atoms with Crippen LogP contribution in [0, 0.1) is 6.92 Å². The number of nitrogens with one attached hydrogen (secondary N) is 1. The quantitative estimate of drug-likeness (QED) is 0.112. The molecule has 3 aliphatic heterocycles. The first-order chi connectivity index (χ1) is 24.5. The van der Waals surface area contributed by atoms with Crippen LogP contribution in [-0.4, -0.2) is 161 Å². The van der Waals surface area contributed by atoms with Crippen LogP contribution in [0.3, 0.4) is 0 Å². The zero-order valence-corrected chi connectivity index (χ0v) is 30.1. The molecule has 19 nitrogen and oxygen atoms in total. The van der Waals surface area contributed by atoms with Gasteiger partial charge in [0.05, 0.1) is 12.6 Å². The summed E-state index contributed by atoms with van der Waals surface area (Å²) in [6, 6.07) is 4.62. The van der Waals surface area contributed by atoms with Crippen molar-refractivity contribution in [3.8, 4) is 0 Å². The third-order valence-electron chi connectivity index (χ3n) is 9.49. The summed E-state index contributed by atoms with van der Waals surface area (Å²) in [5.74, 6) is 0.470. The third kappa shape index (κ3) is 9.17. The molecule has 5 rings (SSSR count). The first-order valence-electron chi connectivity index (χ1n) is 17.1. The fraction of sp³-hybridized carbons (Fsp3) is 0.719. The molecule has 0 radical (unpaired) electrons. The van der Waals surface area contributed by atoms with Gasteiger partial charge in [0.1, 0.15) is 71.8 Å². The third-order valence-corrected chi connectivity index (χ3v) is 11.0. The van der Waals surface area contributed by atoms with E-state index in [9.17, 15) is 44.2 Å². The number of amidine groups is 1. The summed E-state index contributed by atoms with van der Waals surface area (Å²) < 4.78 is 49.1. The summed E-state index contributed by atoms with van der Waals surface area (Å²) in [5, 5.41) is 70.9. The second-order valence-corrected chi connectivity index (χ2v) is 15.1. The molecule has 296 valence electrons. The van der Waals surface area contributed by atoms with Crippen LogP contribution in [0.1, 0.15) is 37.8 Å². The Morgan fingerprint density at radius 2 is 1.38 bits per heavy atom. The Morgan fingerprint density at radius 3 is 1.92 bits per heavy atom. The summed E-state index contributed by atoms with van der Waals surface area (Å²) in [6.07, 6.45) is -15.6. The minimum atomic E-state index is -3.48. The molecule has 15 atom stereocenters. The molecule has 20 heteroatoms. The fourth-order valence-corrected chi connectivity index (χ4v) is 7.94. The number of aryl methyl sites for hydroxylation is 1. The van der Waals surface area contributed by atoms with Crippen molar-refractivity contribution in [1.82, 2.24) is 4.72 Å². The Kier molecular flexibility index (Phi) is 14.7. The minimum Gasteiger partial charge on any atom is -0.394 e. The SMILES string of the molecule is CCCN=C1NS(=O)(=O)C(c2ccc(C)cc2)=C1C.NC[C@H]1O[C@H](O[C@H]2[C@H](O)[C@@H](O[C@H]3O[C@H](CO)[C@@H](O)[C@H](N)[C@H]3O)[C@H](N)C[C@@H]2N)[C@H](O)[C@@H](O)[C@@H]1O. The van der Waals surface area contributed by atoms with Crippen molar-refractivity contribution in [3.05, 3.63) is 41.0 Å². The average Bonchev–Trinajstić information content (AvgIpc) is 3.34. The molecule has 1 aliphatic carbocycles. The standard InChI is InChI=1S/C18H36N4O11.C14H18N2O2S/c19-2-6-10(25)12(27)13(28)18(30-6)33-16-5(21)1-4(20)15(14(16)29)32-17-11(26)8(22)9(24)7(3-23)31-17;1-4-9-15-14-11(3)13(19(17,18)16-14)12-7-5-10(2)6-8-12/h4-18,23-29H,1-3,19-22H2;5-8H,4,9H2,1-3H3,(H,15,16)/t4-,5+,6-,7-,8+,9-,10-,11-,12+,13-,14-,15+,16-,17-,18-;/m1./s1. The van der Waals surface area contributed by atoms with Gasteiger partial charge >= 0.3 is 0 Å². The van der Waals surface area contributed by atoms with Gasteiger partial charge in [-0.15, -0.1) is 0 Å². The van der Waals surface area contributed by atoms with Crippen LogP contribution in [0.15, 0.2) is 34.8 Å². The van der Waals surface area contributed by atoms with Gasteiger partial charge < -0.3 is 77.6 Å². The zero-order chi connectivity index (χ0) is 38.7. The largest absolute Gasteiger partial charge is 0.394 e. The Balaban J connectivity index is 0.000000269. The van der Waals surface area contributed by atoms with Crippen molar-refractivity contribution in [2.75, 3.05) is 19.7 Å². The number of aliphatic hydroxyl groups excluding tert-OH is 7. The molecular weight excluding hydrogens is 708 g/mol. The molecule has 0 unspecified atom stereocenters. The molecular formula is C32H54N6O13S. The predicted octanol–water partition coefficient (Wildman–Crippen LogP) is -4.82. The van der Waals surface area contributed by atoms with Gasteiger partial charge in [-0.05, 0) is 32.3 Å². The lowest BCUT2D eigenvalue weighted by Gasteiger charge is -2.48. The first kappa shape index (κ1) is 42.5. The maximum Gasteiger partial charge on any atom is 0.264 e. The van der Waals surface area contributed by atoms with Crippen molar-refractivity contribution >= 4 is 20.8 Å². The van der Waals surface area contributed by atoms with E-state index >= 15 is 0 Å². The van der Waals surface area contributed by atoms with E-state index in [1.807, 2.05) is 38.1 Å². The van der Waals surface area contributed by atoms with E-state index in [0.717, 1.165) is 12.0 Å². The number of nitrogens with zero attached hydrogens (tertiary/aromatic N) is 1. The maximum atomic E-state index is 12.2. The zero-order valence-electron chi connectivity index (χ0n) is 29.3. The van der Waals surface area contributed by atoms with Crippen molar-refractivity contribution in [2.45, 2.75) is 125 Å². The first-order valence-corrected chi connectivity index (χ1v) is 18.6. The summed E-state index contributed by atoms with van der Waals surface area (Å²) in [4.78, 5) is 4.62. The number of rotatable bonds is 9. The van der Waals surface area contributed by atoms with Crippen LogP contribution < -0.4 is 27.7 Å². The Morgan fingerprint density at radius 1 is 0.827 bits per heavy atom. The van der Waals surface area contributed by atoms with Gasteiger partial charge in [0.15, 0.2) is 12.6 Å². The van der Waals surface area contributed by atoms with E-state index < -0.39 is 108 Å². The van der Waals surface area contributed by atoms with Crippen LogP contribution >= 0.6 is 0 Å². The number of hydrogen-bond acceptors (Lipinski definition) is 18. The van der Waals surface area contributed by atoms with Crippen LogP contribution in [0.4, 0.5) is 0 Å². The van der Waals surface area contributed by atoms with E-state index in [1.165, 1.54) is 0 Å². The van der Waals surface area contributed by atoms with Gasteiger partial charge in [0.2, 0.25) is 0 Å². The lowest BCUT2D eigenvalue weighted by atomic mass is 9.84. The molecule has 0 aromatic heterocycles. The van der Waals surface area contributed by atoms with Crippen molar-refractivity contribution in [2.24, 2.45) is 27.9 Å². The molecule has 1 aromatic rings. The number of nitrogens with two attached hydrogens (primary N) is 4. The Hall–Kier alpha value is -2.22. The van der Waals surface area contributed by atoms with Crippen molar-refractivity contribution in [3.63, 3.8) is 0 Å². The summed E-state index contributed by atoms with van der Waals surface area (Å²) >= 11 is 0. The smallest absolute Gasteiger partial charge is 0.264 e. The highest BCUT2D eigenvalue weighted by Crippen LogP contribution is 2.32. The van der Waals surface area contributed by atoms with Gasteiger partial charge in [-0.3, -0.25) is 9.71 Å². The van der Waals surface area contributed by atoms with Crippen molar-refractivity contribution < 1.29 is 63.1 Å². The molecule has 52 heavy (non-hydrogen) atoms. The molecule has 0 spiro atoms. The maximum absolute atomic E-state index is 12.2. The number of ether oxygens (including phenoxy) is 4. The highest BCUT2D eigenvalue weighted by Gasteiger charge is 2.51. The van der Waals surface area contributed by atoms with Crippen LogP contribution in [-0.2, 0) is 29.0 Å². The molecule has 3 fully saturated rings. The van der Waals surface area contributed by atoms with Crippen LogP contribution in [0.5, 0.6) is 0 Å². The predicted molar refractivity (Wildman–Crippen MR) is 186 cm³/mol. The highest BCUT2D eigenvalue weighted by molar-refractivity contribution is 8.00. The van der Waals surface area contributed by atoms with E-state index in [0.29, 0.717) is 28.4 Å². The topological polar surface area (TPSA) is 341 Å². The molecule has 0 amide bonds. The number of hydrogen-bond donors (Lipinski definition) is 12. The monoisotopic (exact) mass is 762 g/mol. The summed E-state index contributed by atoms with van der Waals surface area (Å²) in [7, 11) is -3.48. The molecule has 4 aliphatic rings. The minimum absolute atomic E-state index is 0.0849. The molecule has 2 saturated heterocycles. The molecule has 0 bridgehead atoms. The van der Waals surface area contributed by atoms with Crippen LogP contribution in [0.25, 0.3) is 4.91 Å². The Bertz CT molecular complexity index is 1450. The van der Waals surface area contributed by atoms with Gasteiger partial charge in [0.25, 0.3) is 10.0 Å². The molecule has 16 N–H and O–H groups in total. The summed E-state index contributed by atoms with van der Waals surface area (Å²) in [6.45, 7) is 5.63. The van der Waals surface area contributed by atoms with Gasteiger partial charge in [0, 0.05) is 30.7 Å². The second kappa shape index (κ2) is 17.9. The van der Waals surface area contributed by atoms with E-state index in [-0.39, 0.29) is 13.0 Å². The second-order valence-electron chi connectivity index (χ2n) is 13.4. The molecule has 3 heterocycles. The van der Waals surface area contributed by atoms with Gasteiger partial charge in [-0.2, -0.15) is 0 Å². The van der Waals surface area contributed by atoms with Crippen LogP contribution in [0.2, 0.25) is 0 Å². The molecule has 1 aromatic carbocycles. The van der Waals surface area contributed by atoms with E-state index in [4.69, 9.17) is 41.9 Å². The lowest BCUT2D eigenvalue weighted by Crippen LogP contribution is -2.68. The van der Waals surface area contributed by atoms with Crippen molar-refractivity contribution in [1.29, 1.82) is 0 Å². The lowest BCUT2D eigenvalue weighted by molar-refractivity contribution is -0.332. The van der Waals surface area contributed by atoms with Gasteiger partial charge in [-0.1, -0.05) is 36.8 Å². The van der Waals surface area contributed by atoms with E-state index in [2.05, 4.69) is 9.71 Å². The summed E-state index contributed by atoms with van der Waals surface area (Å²) in [5.41, 5.74) is 26.0. The number of aliphatic hydroxyl groups is 7. The number of sulfonamides is 1. The van der Waals surface area contributed by atoms with Gasteiger partial charge in [-0.25, -0.2) is 8.42 Å². The average molecular weight is 763 g/mol. The normalized spacial score (nSPS) is 41.3. The number of aliphatic imine (C=N–C) groups is 1. The molecule has 1 saturated carbocycles. The van der Waals surface area contributed by atoms with E-state index in [1.54, 1.807) is 6.92 Å². The Labute approximate surface area is 302 Å². The fourth-order valence-electron chi connectivity index (χ4n) is 6.42. The number of benzene rings is 1.